The molecule has 1 aromatic heterocycles. The van der Waals surface area contributed by atoms with Gasteiger partial charge in [0.05, 0.1) is 28.8 Å². The third-order valence-corrected chi connectivity index (χ3v) is 3.45. The molecule has 1 atom stereocenters. The number of imidazole rings is 1. The minimum atomic E-state index is -0.0395. The minimum Gasteiger partial charge on any atom is -0.372 e. The molecule has 0 saturated carbocycles. The van der Waals surface area contributed by atoms with Gasteiger partial charge in [0.2, 0.25) is 0 Å². The van der Waals surface area contributed by atoms with E-state index in [0.717, 1.165) is 16.9 Å². The number of hydrogen-bond acceptors (Lipinski definition) is 2. The van der Waals surface area contributed by atoms with E-state index < -0.39 is 0 Å². The molecule has 0 radical (unpaired) electrons. The zero-order valence-electron chi connectivity index (χ0n) is 10.8. The van der Waals surface area contributed by atoms with E-state index in [1.807, 2.05) is 48.7 Å². The Bertz CT molecular complexity index is 665. The van der Waals surface area contributed by atoms with Crippen LogP contribution >= 0.6 is 11.6 Å². The molecule has 3 aromatic rings. The SMILES string of the molecule is Clc1ccccc1NC(c1ccccc1)c1c[nH]cn1. The van der Waals surface area contributed by atoms with Crippen LogP contribution in [0.4, 0.5) is 5.69 Å². The Morgan fingerprint density at radius 1 is 1.00 bits per heavy atom. The molecule has 0 aliphatic rings. The fourth-order valence-corrected chi connectivity index (χ4v) is 2.33. The summed E-state index contributed by atoms with van der Waals surface area (Å²) in [7, 11) is 0. The van der Waals surface area contributed by atoms with Gasteiger partial charge in [-0.1, -0.05) is 54.1 Å². The molecule has 0 fully saturated rings. The second kappa shape index (κ2) is 5.80. The molecular weight excluding hydrogens is 270 g/mol. The van der Waals surface area contributed by atoms with Crippen molar-refractivity contribution in [3.8, 4) is 0 Å². The molecule has 0 aliphatic heterocycles. The molecule has 0 saturated heterocycles. The number of halogens is 1. The predicted octanol–water partition coefficient (Wildman–Crippen LogP) is 4.26. The topological polar surface area (TPSA) is 40.7 Å². The summed E-state index contributed by atoms with van der Waals surface area (Å²) < 4.78 is 0. The van der Waals surface area contributed by atoms with Crippen molar-refractivity contribution < 1.29 is 0 Å². The first-order chi connectivity index (χ1) is 9.84. The van der Waals surface area contributed by atoms with Crippen molar-refractivity contribution in [2.75, 3.05) is 5.32 Å². The number of benzene rings is 2. The Labute approximate surface area is 122 Å². The van der Waals surface area contributed by atoms with Crippen LogP contribution in [-0.4, -0.2) is 9.97 Å². The Kier molecular flexibility index (Phi) is 3.70. The van der Waals surface area contributed by atoms with E-state index in [-0.39, 0.29) is 6.04 Å². The van der Waals surface area contributed by atoms with Crippen molar-refractivity contribution in [3.05, 3.63) is 83.4 Å². The number of aromatic nitrogens is 2. The lowest BCUT2D eigenvalue weighted by molar-refractivity contribution is 0.899. The van der Waals surface area contributed by atoms with Crippen LogP contribution in [-0.2, 0) is 0 Å². The summed E-state index contributed by atoms with van der Waals surface area (Å²) in [6.07, 6.45) is 3.57. The number of H-pyrrole nitrogens is 1. The van der Waals surface area contributed by atoms with Gasteiger partial charge in [-0.2, -0.15) is 0 Å². The molecule has 0 amide bonds. The van der Waals surface area contributed by atoms with Crippen LogP contribution in [0.5, 0.6) is 0 Å². The fraction of sp³-hybridized carbons (Fsp3) is 0.0625. The van der Waals surface area contributed by atoms with Crippen molar-refractivity contribution in [2.45, 2.75) is 6.04 Å². The molecule has 0 spiro atoms. The molecule has 100 valence electrons. The summed E-state index contributed by atoms with van der Waals surface area (Å²) in [5.41, 5.74) is 2.96. The lowest BCUT2D eigenvalue weighted by Crippen LogP contribution is -2.13. The highest BCUT2D eigenvalue weighted by Crippen LogP contribution is 2.29. The average molecular weight is 284 g/mol. The van der Waals surface area contributed by atoms with E-state index in [1.54, 1.807) is 6.33 Å². The van der Waals surface area contributed by atoms with E-state index >= 15 is 0 Å². The molecule has 0 aliphatic carbocycles. The number of aromatic amines is 1. The standard InChI is InChI=1S/C16H14ClN3/c17-13-8-4-5-9-14(13)20-16(15-10-18-11-19-15)12-6-2-1-3-7-12/h1-11,16,20H,(H,18,19). The molecule has 1 heterocycles. The Morgan fingerprint density at radius 2 is 1.75 bits per heavy atom. The number of para-hydroxylation sites is 1. The van der Waals surface area contributed by atoms with Crippen LogP contribution in [0.25, 0.3) is 0 Å². The van der Waals surface area contributed by atoms with Crippen LogP contribution in [0.15, 0.2) is 67.1 Å². The quantitative estimate of drug-likeness (QED) is 0.751. The highest BCUT2D eigenvalue weighted by Gasteiger charge is 2.16. The number of nitrogens with one attached hydrogen (secondary N) is 2. The number of nitrogens with zero attached hydrogens (tertiary/aromatic N) is 1. The zero-order chi connectivity index (χ0) is 13.8. The summed E-state index contributed by atoms with van der Waals surface area (Å²) in [5.74, 6) is 0. The summed E-state index contributed by atoms with van der Waals surface area (Å²) in [5, 5.41) is 4.15. The predicted molar refractivity (Wildman–Crippen MR) is 81.9 cm³/mol. The van der Waals surface area contributed by atoms with Crippen molar-refractivity contribution in [2.24, 2.45) is 0 Å². The maximum Gasteiger partial charge on any atom is 0.0956 e. The van der Waals surface area contributed by atoms with Crippen molar-refractivity contribution in [1.82, 2.24) is 9.97 Å². The molecule has 4 heteroatoms. The first-order valence-corrected chi connectivity index (χ1v) is 6.77. The van der Waals surface area contributed by atoms with Crippen LogP contribution in [0.2, 0.25) is 5.02 Å². The van der Waals surface area contributed by atoms with E-state index in [1.165, 1.54) is 0 Å². The van der Waals surface area contributed by atoms with Gasteiger partial charge in [-0.05, 0) is 17.7 Å². The van der Waals surface area contributed by atoms with Gasteiger partial charge in [0.1, 0.15) is 0 Å². The molecule has 20 heavy (non-hydrogen) atoms. The summed E-state index contributed by atoms with van der Waals surface area (Å²) in [4.78, 5) is 7.35. The Hall–Kier alpha value is -2.26. The first-order valence-electron chi connectivity index (χ1n) is 6.39. The summed E-state index contributed by atoms with van der Waals surface area (Å²) in [6, 6.07) is 17.9. The smallest absolute Gasteiger partial charge is 0.0956 e. The zero-order valence-corrected chi connectivity index (χ0v) is 11.5. The molecule has 2 N–H and O–H groups in total. The summed E-state index contributed by atoms with van der Waals surface area (Å²) >= 11 is 6.23. The number of hydrogen-bond donors (Lipinski definition) is 2. The van der Waals surface area contributed by atoms with Gasteiger partial charge in [0.25, 0.3) is 0 Å². The minimum absolute atomic E-state index is 0.0395. The van der Waals surface area contributed by atoms with Crippen LogP contribution in [0, 0.1) is 0 Å². The van der Waals surface area contributed by atoms with Crippen LogP contribution in [0.1, 0.15) is 17.3 Å². The third-order valence-electron chi connectivity index (χ3n) is 3.12. The van der Waals surface area contributed by atoms with Crippen molar-refractivity contribution in [1.29, 1.82) is 0 Å². The molecule has 1 unspecified atom stereocenters. The van der Waals surface area contributed by atoms with Crippen molar-refractivity contribution in [3.63, 3.8) is 0 Å². The second-order valence-electron chi connectivity index (χ2n) is 4.46. The van der Waals surface area contributed by atoms with Gasteiger partial charge in [0.15, 0.2) is 0 Å². The third kappa shape index (κ3) is 2.68. The molecular formula is C16H14ClN3. The maximum atomic E-state index is 6.23. The van der Waals surface area contributed by atoms with Gasteiger partial charge < -0.3 is 10.3 Å². The second-order valence-corrected chi connectivity index (χ2v) is 4.87. The van der Waals surface area contributed by atoms with E-state index in [0.29, 0.717) is 5.02 Å². The average Bonchev–Trinajstić information content (AvgIpc) is 3.01. The maximum absolute atomic E-state index is 6.23. The number of rotatable bonds is 4. The van der Waals surface area contributed by atoms with Gasteiger partial charge in [-0.3, -0.25) is 0 Å². The van der Waals surface area contributed by atoms with Gasteiger partial charge in [-0.25, -0.2) is 4.98 Å². The van der Waals surface area contributed by atoms with Gasteiger partial charge in [-0.15, -0.1) is 0 Å². The molecule has 3 nitrogen and oxygen atoms in total. The van der Waals surface area contributed by atoms with E-state index in [4.69, 9.17) is 11.6 Å². The first kappa shape index (κ1) is 12.8. The molecule has 0 bridgehead atoms. The monoisotopic (exact) mass is 283 g/mol. The number of anilines is 1. The van der Waals surface area contributed by atoms with Crippen LogP contribution in [0.3, 0.4) is 0 Å². The largest absolute Gasteiger partial charge is 0.372 e. The lowest BCUT2D eigenvalue weighted by atomic mass is 10.0. The summed E-state index contributed by atoms with van der Waals surface area (Å²) in [6.45, 7) is 0. The fourth-order valence-electron chi connectivity index (χ4n) is 2.14. The van der Waals surface area contributed by atoms with Gasteiger partial charge >= 0.3 is 0 Å². The molecule has 3 rings (SSSR count). The Morgan fingerprint density at radius 3 is 2.45 bits per heavy atom. The van der Waals surface area contributed by atoms with E-state index in [2.05, 4.69) is 27.4 Å². The lowest BCUT2D eigenvalue weighted by Gasteiger charge is -2.19. The highest BCUT2D eigenvalue weighted by atomic mass is 35.5. The Balaban J connectivity index is 1.97. The normalized spacial score (nSPS) is 12.1. The highest BCUT2D eigenvalue weighted by molar-refractivity contribution is 6.33. The van der Waals surface area contributed by atoms with Gasteiger partial charge in [0, 0.05) is 6.20 Å². The van der Waals surface area contributed by atoms with Crippen LogP contribution < -0.4 is 5.32 Å². The van der Waals surface area contributed by atoms with E-state index in [9.17, 15) is 0 Å². The molecule has 2 aromatic carbocycles. The van der Waals surface area contributed by atoms with Crippen molar-refractivity contribution >= 4 is 17.3 Å².